The lowest BCUT2D eigenvalue weighted by Crippen LogP contribution is -2.14. The first-order chi connectivity index (χ1) is 7.18. The molecule has 0 spiro atoms. The molecule has 0 fully saturated rings. The van der Waals surface area contributed by atoms with Crippen molar-refractivity contribution in [2.75, 3.05) is 5.73 Å². The molecular weight excluding hydrogens is 196 g/mol. The fraction of sp³-hybridized carbons (Fsp3) is 0. The average molecular weight is 204 g/mol. The van der Waals surface area contributed by atoms with Gasteiger partial charge >= 0.3 is 0 Å². The Hall–Kier alpha value is -2.44. The van der Waals surface area contributed by atoms with E-state index in [1.807, 2.05) is 0 Å². The molecular formula is C8H8N6O. The number of nitrogens with zero attached hydrogens (tertiary/aromatic N) is 3. The van der Waals surface area contributed by atoms with E-state index < -0.39 is 5.91 Å². The van der Waals surface area contributed by atoms with E-state index >= 15 is 0 Å². The molecule has 1 amide bonds. The SMILES string of the molecule is NC(=O)c1cnc(N)nc1-c1cn[nH]c1. The van der Waals surface area contributed by atoms with Gasteiger partial charge in [-0.15, -0.1) is 0 Å². The second-order valence-corrected chi connectivity index (χ2v) is 2.84. The van der Waals surface area contributed by atoms with Crippen LogP contribution in [0, 0.1) is 0 Å². The number of hydrogen-bond donors (Lipinski definition) is 3. The highest BCUT2D eigenvalue weighted by molar-refractivity contribution is 5.98. The van der Waals surface area contributed by atoms with Crippen molar-refractivity contribution in [1.82, 2.24) is 20.2 Å². The van der Waals surface area contributed by atoms with Crippen molar-refractivity contribution >= 4 is 11.9 Å². The van der Waals surface area contributed by atoms with E-state index in [4.69, 9.17) is 11.5 Å². The molecule has 0 aliphatic heterocycles. The van der Waals surface area contributed by atoms with Crippen molar-refractivity contribution in [2.45, 2.75) is 0 Å². The van der Waals surface area contributed by atoms with Crippen LogP contribution in [0.5, 0.6) is 0 Å². The van der Waals surface area contributed by atoms with Crippen LogP contribution >= 0.6 is 0 Å². The Balaban J connectivity index is 2.63. The van der Waals surface area contributed by atoms with E-state index in [2.05, 4.69) is 20.2 Å². The van der Waals surface area contributed by atoms with Crippen LogP contribution in [0.2, 0.25) is 0 Å². The number of aromatic amines is 1. The molecule has 0 saturated carbocycles. The van der Waals surface area contributed by atoms with Gasteiger partial charge in [-0.25, -0.2) is 9.97 Å². The highest BCUT2D eigenvalue weighted by atomic mass is 16.1. The summed E-state index contributed by atoms with van der Waals surface area (Å²) in [4.78, 5) is 18.7. The topological polar surface area (TPSA) is 124 Å². The van der Waals surface area contributed by atoms with Gasteiger partial charge in [0.1, 0.15) is 0 Å². The molecule has 76 valence electrons. The Labute approximate surface area is 84.5 Å². The summed E-state index contributed by atoms with van der Waals surface area (Å²) >= 11 is 0. The van der Waals surface area contributed by atoms with E-state index in [-0.39, 0.29) is 11.5 Å². The van der Waals surface area contributed by atoms with Gasteiger partial charge in [0.05, 0.1) is 17.5 Å². The average Bonchev–Trinajstić information content (AvgIpc) is 2.69. The highest BCUT2D eigenvalue weighted by Crippen LogP contribution is 2.19. The number of H-pyrrole nitrogens is 1. The van der Waals surface area contributed by atoms with Gasteiger partial charge in [-0.05, 0) is 0 Å². The summed E-state index contributed by atoms with van der Waals surface area (Å²) in [7, 11) is 0. The third-order valence-electron chi connectivity index (χ3n) is 1.84. The van der Waals surface area contributed by atoms with Gasteiger partial charge in [0, 0.05) is 18.0 Å². The third kappa shape index (κ3) is 1.62. The Morgan fingerprint density at radius 2 is 2.20 bits per heavy atom. The molecule has 0 saturated heterocycles. The lowest BCUT2D eigenvalue weighted by atomic mass is 10.1. The molecule has 5 N–H and O–H groups in total. The Morgan fingerprint density at radius 1 is 1.40 bits per heavy atom. The number of rotatable bonds is 2. The molecule has 0 unspecified atom stereocenters. The first kappa shape index (κ1) is 9.13. The summed E-state index contributed by atoms with van der Waals surface area (Å²) in [6.07, 6.45) is 4.41. The minimum atomic E-state index is -0.605. The minimum Gasteiger partial charge on any atom is -0.368 e. The quantitative estimate of drug-likeness (QED) is 0.611. The number of nitrogens with two attached hydrogens (primary N) is 2. The molecule has 7 nitrogen and oxygen atoms in total. The van der Waals surface area contributed by atoms with Gasteiger partial charge in [0.15, 0.2) is 0 Å². The molecule has 2 heterocycles. The number of primary amides is 1. The number of nitrogen functional groups attached to an aromatic ring is 1. The molecule has 0 atom stereocenters. The van der Waals surface area contributed by atoms with Crippen molar-refractivity contribution in [1.29, 1.82) is 0 Å². The van der Waals surface area contributed by atoms with Gasteiger partial charge in [-0.3, -0.25) is 9.89 Å². The van der Waals surface area contributed by atoms with Crippen LogP contribution in [-0.4, -0.2) is 26.1 Å². The third-order valence-corrected chi connectivity index (χ3v) is 1.84. The molecule has 0 radical (unpaired) electrons. The molecule has 2 aromatic heterocycles. The Bertz CT molecular complexity index is 492. The summed E-state index contributed by atoms with van der Waals surface area (Å²) < 4.78 is 0. The van der Waals surface area contributed by atoms with Gasteiger partial charge < -0.3 is 11.5 Å². The number of amides is 1. The molecule has 0 bridgehead atoms. The highest BCUT2D eigenvalue weighted by Gasteiger charge is 2.13. The largest absolute Gasteiger partial charge is 0.368 e. The molecule has 0 aliphatic rings. The minimum absolute atomic E-state index is 0.0798. The van der Waals surface area contributed by atoms with E-state index in [1.165, 1.54) is 12.4 Å². The number of hydrogen-bond acceptors (Lipinski definition) is 5. The Morgan fingerprint density at radius 3 is 2.80 bits per heavy atom. The van der Waals surface area contributed by atoms with E-state index in [1.54, 1.807) is 6.20 Å². The first-order valence-electron chi connectivity index (χ1n) is 4.10. The van der Waals surface area contributed by atoms with Crippen LogP contribution in [-0.2, 0) is 0 Å². The zero-order valence-electron chi connectivity index (χ0n) is 7.64. The van der Waals surface area contributed by atoms with Gasteiger partial charge in [0.2, 0.25) is 5.95 Å². The first-order valence-corrected chi connectivity index (χ1v) is 4.10. The molecule has 2 aromatic rings. The fourth-order valence-electron chi connectivity index (χ4n) is 1.18. The van der Waals surface area contributed by atoms with Gasteiger partial charge in [-0.1, -0.05) is 0 Å². The predicted octanol–water partition coefficient (Wildman–Crippen LogP) is -0.452. The number of aromatic nitrogens is 4. The zero-order chi connectivity index (χ0) is 10.8. The van der Waals surface area contributed by atoms with Crippen LogP contribution < -0.4 is 11.5 Å². The van der Waals surface area contributed by atoms with Crippen LogP contribution in [0.25, 0.3) is 11.3 Å². The summed E-state index contributed by atoms with van der Waals surface area (Å²) in [5, 5.41) is 6.36. The van der Waals surface area contributed by atoms with Crippen molar-refractivity contribution in [2.24, 2.45) is 5.73 Å². The number of anilines is 1. The van der Waals surface area contributed by atoms with Crippen molar-refractivity contribution in [3.05, 3.63) is 24.2 Å². The van der Waals surface area contributed by atoms with Crippen LogP contribution in [0.1, 0.15) is 10.4 Å². The van der Waals surface area contributed by atoms with Gasteiger partial charge in [0.25, 0.3) is 5.91 Å². The number of carbonyl (C=O) groups excluding carboxylic acids is 1. The second kappa shape index (κ2) is 3.37. The molecule has 0 aliphatic carbocycles. The van der Waals surface area contributed by atoms with Crippen molar-refractivity contribution < 1.29 is 4.79 Å². The number of carbonyl (C=O) groups is 1. The van der Waals surface area contributed by atoms with Crippen molar-refractivity contribution in [3.8, 4) is 11.3 Å². The van der Waals surface area contributed by atoms with Crippen molar-refractivity contribution in [3.63, 3.8) is 0 Å². The standard InChI is InChI=1S/C8H8N6O/c9-7(15)5-3-11-8(10)14-6(5)4-1-12-13-2-4/h1-3H,(H2,9,15)(H,12,13)(H2,10,11,14). The Kier molecular flexibility index (Phi) is 2.05. The van der Waals surface area contributed by atoms with Gasteiger partial charge in [-0.2, -0.15) is 5.10 Å². The lowest BCUT2D eigenvalue weighted by molar-refractivity contribution is 0.100. The molecule has 7 heteroatoms. The zero-order valence-corrected chi connectivity index (χ0v) is 7.64. The summed E-state index contributed by atoms with van der Waals surface area (Å²) in [6, 6.07) is 0. The van der Waals surface area contributed by atoms with Crippen LogP contribution in [0.4, 0.5) is 5.95 Å². The smallest absolute Gasteiger partial charge is 0.252 e. The molecule has 0 aromatic carbocycles. The maximum atomic E-state index is 11.1. The maximum absolute atomic E-state index is 11.1. The van der Waals surface area contributed by atoms with E-state index in [0.717, 1.165) is 0 Å². The summed E-state index contributed by atoms with van der Waals surface area (Å²) in [5.74, 6) is -0.526. The lowest BCUT2D eigenvalue weighted by Gasteiger charge is -2.02. The molecule has 15 heavy (non-hydrogen) atoms. The maximum Gasteiger partial charge on any atom is 0.252 e. The predicted molar refractivity (Wildman–Crippen MR) is 52.5 cm³/mol. The van der Waals surface area contributed by atoms with Crippen LogP contribution in [0.15, 0.2) is 18.6 Å². The number of nitrogens with one attached hydrogen (secondary N) is 1. The fourth-order valence-corrected chi connectivity index (χ4v) is 1.18. The summed E-state index contributed by atoms with van der Waals surface area (Å²) in [6.45, 7) is 0. The summed E-state index contributed by atoms with van der Waals surface area (Å²) in [5.41, 5.74) is 11.8. The molecule has 2 rings (SSSR count). The van der Waals surface area contributed by atoms with Crippen LogP contribution in [0.3, 0.4) is 0 Å². The second-order valence-electron chi connectivity index (χ2n) is 2.84. The monoisotopic (exact) mass is 204 g/mol. The van der Waals surface area contributed by atoms with E-state index in [9.17, 15) is 4.79 Å². The normalized spacial score (nSPS) is 10.1. The van der Waals surface area contributed by atoms with E-state index in [0.29, 0.717) is 11.3 Å².